The van der Waals surface area contributed by atoms with Gasteiger partial charge in [-0.25, -0.2) is 4.79 Å². The number of anilines is 1. The van der Waals surface area contributed by atoms with Crippen molar-refractivity contribution in [2.45, 2.75) is 0 Å². The van der Waals surface area contributed by atoms with E-state index in [1.165, 1.54) is 6.20 Å². The number of aromatic carboxylic acids is 1. The van der Waals surface area contributed by atoms with Gasteiger partial charge in [0.25, 0.3) is 0 Å². The molecule has 1 aromatic heterocycles. The number of carboxylic acids is 1. The zero-order valence-electron chi connectivity index (χ0n) is 8.63. The van der Waals surface area contributed by atoms with Crippen LogP contribution in [-0.4, -0.2) is 42.4 Å². The third kappa shape index (κ3) is 2.84. The van der Waals surface area contributed by atoms with E-state index in [2.05, 4.69) is 9.88 Å². The van der Waals surface area contributed by atoms with Crippen LogP contribution in [0.3, 0.4) is 0 Å². The first-order valence-corrected chi connectivity index (χ1v) is 4.78. The van der Waals surface area contributed by atoms with Crippen molar-refractivity contribution in [3.8, 4) is 0 Å². The van der Waals surface area contributed by atoms with Crippen molar-refractivity contribution in [3.63, 3.8) is 0 Å². The summed E-state index contributed by atoms with van der Waals surface area (Å²) in [6.45, 7) is 2.92. The van der Waals surface area contributed by atoms with Crippen molar-refractivity contribution in [1.82, 2.24) is 4.98 Å². The molecule has 1 aromatic rings. The van der Waals surface area contributed by atoms with Gasteiger partial charge < -0.3 is 14.7 Å². The minimum atomic E-state index is -0.947. The van der Waals surface area contributed by atoms with Gasteiger partial charge in [0.1, 0.15) is 0 Å². The molecule has 0 spiro atoms. The Kier molecular flexibility index (Phi) is 4.52. The van der Waals surface area contributed by atoms with E-state index in [1.807, 2.05) is 0 Å². The molecule has 0 aliphatic carbocycles. The second-order valence-corrected chi connectivity index (χ2v) is 3.34. The first kappa shape index (κ1) is 12.7. The highest BCUT2D eigenvalue weighted by atomic mass is 35.5. The van der Waals surface area contributed by atoms with Crippen LogP contribution in [0.25, 0.3) is 0 Å². The Morgan fingerprint density at radius 3 is 2.69 bits per heavy atom. The predicted octanol–water partition coefficient (Wildman–Crippen LogP) is 1.04. The van der Waals surface area contributed by atoms with Gasteiger partial charge in [0, 0.05) is 19.3 Å². The van der Waals surface area contributed by atoms with Gasteiger partial charge in [-0.3, -0.25) is 4.98 Å². The Balaban J connectivity index is 0.00000128. The van der Waals surface area contributed by atoms with Crippen molar-refractivity contribution in [2.75, 3.05) is 31.2 Å². The quantitative estimate of drug-likeness (QED) is 0.842. The van der Waals surface area contributed by atoms with Gasteiger partial charge in [0.15, 0.2) is 0 Å². The third-order valence-corrected chi connectivity index (χ3v) is 2.35. The molecule has 5 nitrogen and oxygen atoms in total. The van der Waals surface area contributed by atoms with Gasteiger partial charge in [-0.1, -0.05) is 0 Å². The van der Waals surface area contributed by atoms with Crippen LogP contribution in [0.4, 0.5) is 5.69 Å². The first-order chi connectivity index (χ1) is 7.27. The summed E-state index contributed by atoms with van der Waals surface area (Å²) in [6.07, 6.45) is 3.03. The number of nitrogens with zero attached hydrogens (tertiary/aromatic N) is 2. The fourth-order valence-electron chi connectivity index (χ4n) is 1.54. The van der Waals surface area contributed by atoms with Crippen LogP contribution in [0.1, 0.15) is 10.4 Å². The highest BCUT2D eigenvalue weighted by Crippen LogP contribution is 2.15. The van der Waals surface area contributed by atoms with Crippen LogP contribution in [0.15, 0.2) is 18.5 Å². The summed E-state index contributed by atoms with van der Waals surface area (Å²) in [5.74, 6) is -0.947. The van der Waals surface area contributed by atoms with Crippen molar-refractivity contribution in [1.29, 1.82) is 0 Å². The molecule has 0 saturated carbocycles. The molecule has 6 heteroatoms. The van der Waals surface area contributed by atoms with E-state index < -0.39 is 5.97 Å². The molecule has 2 heterocycles. The van der Waals surface area contributed by atoms with E-state index in [4.69, 9.17) is 9.84 Å². The highest BCUT2D eigenvalue weighted by Gasteiger charge is 2.13. The number of carboxylic acid groups (broad SMARTS) is 1. The second-order valence-electron chi connectivity index (χ2n) is 3.34. The van der Waals surface area contributed by atoms with Gasteiger partial charge in [-0.2, -0.15) is 0 Å². The summed E-state index contributed by atoms with van der Waals surface area (Å²) >= 11 is 0. The van der Waals surface area contributed by atoms with E-state index in [0.717, 1.165) is 18.8 Å². The number of carbonyl (C=O) groups is 1. The van der Waals surface area contributed by atoms with Crippen LogP contribution in [-0.2, 0) is 4.74 Å². The lowest BCUT2D eigenvalue weighted by Gasteiger charge is -2.28. The molecular weight excluding hydrogens is 232 g/mol. The monoisotopic (exact) mass is 244 g/mol. The lowest BCUT2D eigenvalue weighted by atomic mass is 10.2. The molecule has 1 aliphatic heterocycles. The molecule has 16 heavy (non-hydrogen) atoms. The molecule has 0 bridgehead atoms. The Bertz CT molecular complexity index is 367. The molecule has 2 rings (SSSR count). The standard InChI is InChI=1S/C10H12N2O3.ClH/c13-10(14)8-5-9(7-11-6-8)12-1-3-15-4-2-12;/h5-7H,1-4H2,(H,13,14);1H. The molecule has 1 aliphatic rings. The van der Waals surface area contributed by atoms with Crippen LogP contribution < -0.4 is 4.90 Å². The summed E-state index contributed by atoms with van der Waals surface area (Å²) in [5, 5.41) is 8.82. The Morgan fingerprint density at radius 2 is 2.06 bits per heavy atom. The number of hydrogen-bond acceptors (Lipinski definition) is 4. The molecule has 0 unspecified atom stereocenters. The SMILES string of the molecule is Cl.O=C(O)c1cncc(N2CCOCC2)c1. The van der Waals surface area contributed by atoms with Gasteiger partial charge in [-0.15, -0.1) is 12.4 Å². The van der Waals surface area contributed by atoms with Gasteiger partial charge in [0.2, 0.25) is 0 Å². The third-order valence-electron chi connectivity index (χ3n) is 2.35. The van der Waals surface area contributed by atoms with Crippen molar-refractivity contribution in [2.24, 2.45) is 0 Å². The molecular formula is C10H13ClN2O3. The highest BCUT2D eigenvalue weighted by molar-refractivity contribution is 5.88. The fourth-order valence-corrected chi connectivity index (χ4v) is 1.54. The van der Waals surface area contributed by atoms with Crippen molar-refractivity contribution >= 4 is 24.1 Å². The molecule has 0 aromatic carbocycles. The Hall–Kier alpha value is -1.33. The molecule has 0 radical (unpaired) electrons. The maximum absolute atomic E-state index is 10.8. The van der Waals surface area contributed by atoms with Crippen molar-refractivity contribution < 1.29 is 14.6 Å². The predicted molar refractivity (Wildman–Crippen MR) is 61.5 cm³/mol. The van der Waals surface area contributed by atoms with E-state index in [0.29, 0.717) is 13.2 Å². The number of halogens is 1. The van der Waals surface area contributed by atoms with E-state index in [9.17, 15) is 4.79 Å². The maximum Gasteiger partial charge on any atom is 0.337 e. The fraction of sp³-hybridized carbons (Fsp3) is 0.400. The van der Waals surface area contributed by atoms with E-state index >= 15 is 0 Å². The normalized spacial score (nSPS) is 15.4. The first-order valence-electron chi connectivity index (χ1n) is 4.78. The zero-order chi connectivity index (χ0) is 10.7. The number of hydrogen-bond donors (Lipinski definition) is 1. The van der Waals surface area contributed by atoms with Crippen molar-refractivity contribution in [3.05, 3.63) is 24.0 Å². The second kappa shape index (κ2) is 5.67. The average molecular weight is 245 g/mol. The molecule has 0 atom stereocenters. The van der Waals surface area contributed by atoms with E-state index in [1.54, 1.807) is 12.3 Å². The minimum absolute atomic E-state index is 0. The Labute approximate surface area is 99.5 Å². The topological polar surface area (TPSA) is 62.7 Å². The zero-order valence-corrected chi connectivity index (χ0v) is 9.44. The molecule has 1 saturated heterocycles. The van der Waals surface area contributed by atoms with Crippen LogP contribution >= 0.6 is 12.4 Å². The maximum atomic E-state index is 10.8. The molecule has 1 N–H and O–H groups in total. The summed E-state index contributed by atoms with van der Waals surface area (Å²) in [6, 6.07) is 1.64. The van der Waals surface area contributed by atoms with Crippen LogP contribution in [0.5, 0.6) is 0 Å². The lowest BCUT2D eigenvalue weighted by molar-refractivity contribution is 0.0696. The number of rotatable bonds is 2. The largest absolute Gasteiger partial charge is 0.478 e. The smallest absolute Gasteiger partial charge is 0.337 e. The summed E-state index contributed by atoms with van der Waals surface area (Å²) < 4.78 is 5.22. The molecule has 88 valence electrons. The average Bonchev–Trinajstić information content (AvgIpc) is 2.30. The number of ether oxygens (including phenoxy) is 1. The molecule has 1 fully saturated rings. The minimum Gasteiger partial charge on any atom is -0.478 e. The van der Waals surface area contributed by atoms with Crippen LogP contribution in [0.2, 0.25) is 0 Å². The van der Waals surface area contributed by atoms with Gasteiger partial charge >= 0.3 is 5.97 Å². The number of aromatic nitrogens is 1. The van der Waals surface area contributed by atoms with Gasteiger partial charge in [0.05, 0.1) is 30.7 Å². The summed E-state index contributed by atoms with van der Waals surface area (Å²) in [7, 11) is 0. The van der Waals surface area contributed by atoms with Gasteiger partial charge in [-0.05, 0) is 6.07 Å². The lowest BCUT2D eigenvalue weighted by Crippen LogP contribution is -2.36. The number of morpholine rings is 1. The van der Waals surface area contributed by atoms with E-state index in [-0.39, 0.29) is 18.0 Å². The Morgan fingerprint density at radius 1 is 1.38 bits per heavy atom. The number of pyridine rings is 1. The summed E-state index contributed by atoms with van der Waals surface area (Å²) in [4.78, 5) is 16.7. The van der Waals surface area contributed by atoms with Crippen LogP contribution in [0, 0.1) is 0 Å². The molecule has 0 amide bonds. The summed E-state index contributed by atoms with van der Waals surface area (Å²) in [5.41, 5.74) is 1.07.